The monoisotopic (exact) mass is 1010 g/mol. The number of hydrogen-bond acceptors (Lipinski definition) is 5. The molecule has 0 aromatic carbocycles. The number of rotatable bonds is 60. The van der Waals surface area contributed by atoms with Gasteiger partial charge in [0.2, 0.25) is 5.91 Å². The number of aliphatic hydroxyl groups excluding tert-OH is 2. The molecule has 2 unspecified atom stereocenters. The van der Waals surface area contributed by atoms with Crippen molar-refractivity contribution in [3.8, 4) is 0 Å². The number of ether oxygens (including phenoxy) is 1. The second kappa shape index (κ2) is 61.6. The standard InChI is InChI=1S/C66H125NO5/c1-3-5-7-9-11-13-15-17-31-35-38-42-46-50-54-58-64(69)63(62-68)67-65(70)59-55-51-47-43-39-36-32-29-27-25-23-21-19-18-20-22-24-26-28-30-33-37-41-45-49-53-57-61-72-66(71)60-56-52-48-44-40-34-16-14-12-10-8-6-4-2/h14,16,18-19,54,58,63-64,68-69H,3-13,15,17,20-53,55-57,59-62H2,1-2H3,(H,67,70)/b16-14-,19-18-,58-54+. The van der Waals surface area contributed by atoms with Crippen LogP contribution in [-0.2, 0) is 14.3 Å². The minimum atomic E-state index is -0.845. The van der Waals surface area contributed by atoms with Crippen LogP contribution in [-0.4, -0.2) is 47.4 Å². The van der Waals surface area contributed by atoms with Crippen molar-refractivity contribution in [3.05, 3.63) is 36.5 Å². The third kappa shape index (κ3) is 57.4. The normalized spacial score (nSPS) is 12.8. The van der Waals surface area contributed by atoms with Crippen LogP contribution in [0.4, 0.5) is 0 Å². The lowest BCUT2D eigenvalue weighted by atomic mass is 10.0. The number of aliphatic hydroxyl groups is 2. The summed E-state index contributed by atoms with van der Waals surface area (Å²) in [7, 11) is 0. The van der Waals surface area contributed by atoms with Gasteiger partial charge < -0.3 is 20.3 Å². The Bertz CT molecular complexity index is 1170. The third-order valence-electron chi connectivity index (χ3n) is 14.9. The Kier molecular flexibility index (Phi) is 60.0. The van der Waals surface area contributed by atoms with Gasteiger partial charge in [-0.1, -0.05) is 288 Å². The van der Waals surface area contributed by atoms with Crippen LogP contribution in [0.15, 0.2) is 36.5 Å². The lowest BCUT2D eigenvalue weighted by Crippen LogP contribution is -2.45. The first-order valence-electron chi connectivity index (χ1n) is 32.3. The van der Waals surface area contributed by atoms with Crippen LogP contribution >= 0.6 is 0 Å². The molecular weight excluding hydrogens is 887 g/mol. The summed E-state index contributed by atoms with van der Waals surface area (Å²) in [5, 5.41) is 23.1. The van der Waals surface area contributed by atoms with Crippen molar-refractivity contribution in [2.75, 3.05) is 13.2 Å². The molecule has 6 heteroatoms. The van der Waals surface area contributed by atoms with Crippen LogP contribution in [0.3, 0.4) is 0 Å². The number of allylic oxidation sites excluding steroid dienone is 5. The van der Waals surface area contributed by atoms with Crippen molar-refractivity contribution < 1.29 is 24.5 Å². The van der Waals surface area contributed by atoms with Crippen molar-refractivity contribution in [2.24, 2.45) is 0 Å². The number of unbranched alkanes of at least 4 members (excludes halogenated alkanes) is 45. The molecule has 2 atom stereocenters. The summed E-state index contributed by atoms with van der Waals surface area (Å²) >= 11 is 0. The zero-order valence-corrected chi connectivity index (χ0v) is 48.4. The number of hydrogen-bond donors (Lipinski definition) is 3. The summed E-state index contributed by atoms with van der Waals surface area (Å²) in [6, 6.07) is -0.628. The van der Waals surface area contributed by atoms with E-state index < -0.39 is 12.1 Å². The van der Waals surface area contributed by atoms with E-state index >= 15 is 0 Å². The minimum absolute atomic E-state index is 0.00545. The van der Waals surface area contributed by atoms with Crippen LogP contribution in [0.25, 0.3) is 0 Å². The molecule has 0 spiro atoms. The molecule has 0 heterocycles. The van der Waals surface area contributed by atoms with Gasteiger partial charge in [0.25, 0.3) is 0 Å². The van der Waals surface area contributed by atoms with Gasteiger partial charge in [0.15, 0.2) is 0 Å². The highest BCUT2D eigenvalue weighted by atomic mass is 16.5. The molecule has 6 nitrogen and oxygen atoms in total. The number of esters is 1. The maximum Gasteiger partial charge on any atom is 0.305 e. The largest absolute Gasteiger partial charge is 0.466 e. The van der Waals surface area contributed by atoms with Gasteiger partial charge in [-0.05, 0) is 83.5 Å². The third-order valence-corrected chi connectivity index (χ3v) is 14.9. The van der Waals surface area contributed by atoms with Gasteiger partial charge in [0.1, 0.15) is 0 Å². The van der Waals surface area contributed by atoms with Gasteiger partial charge in [0.05, 0.1) is 25.4 Å². The zero-order chi connectivity index (χ0) is 52.2. The average molecular weight is 1010 g/mol. The van der Waals surface area contributed by atoms with Crippen molar-refractivity contribution in [2.45, 2.75) is 360 Å². The molecule has 424 valence electrons. The molecule has 0 aromatic rings. The number of carbonyl (C=O) groups excluding carboxylic acids is 2. The summed E-state index contributed by atoms with van der Waals surface area (Å²) in [5.74, 6) is -0.0620. The highest BCUT2D eigenvalue weighted by Gasteiger charge is 2.18. The van der Waals surface area contributed by atoms with E-state index in [1.807, 2.05) is 6.08 Å². The lowest BCUT2D eigenvalue weighted by Gasteiger charge is -2.20. The van der Waals surface area contributed by atoms with Gasteiger partial charge in [-0.2, -0.15) is 0 Å². The average Bonchev–Trinajstić information content (AvgIpc) is 3.38. The predicted octanol–water partition coefficient (Wildman–Crippen LogP) is 20.4. The van der Waals surface area contributed by atoms with Crippen molar-refractivity contribution in [3.63, 3.8) is 0 Å². The van der Waals surface area contributed by atoms with E-state index in [0.717, 1.165) is 44.9 Å². The first-order valence-corrected chi connectivity index (χ1v) is 32.3. The highest BCUT2D eigenvalue weighted by Crippen LogP contribution is 2.17. The minimum Gasteiger partial charge on any atom is -0.466 e. The van der Waals surface area contributed by atoms with Crippen molar-refractivity contribution >= 4 is 11.9 Å². The highest BCUT2D eigenvalue weighted by molar-refractivity contribution is 5.76. The van der Waals surface area contributed by atoms with Gasteiger partial charge in [-0.3, -0.25) is 9.59 Å². The molecule has 0 aliphatic carbocycles. The van der Waals surface area contributed by atoms with Gasteiger partial charge in [0, 0.05) is 12.8 Å². The van der Waals surface area contributed by atoms with E-state index in [0.29, 0.717) is 19.4 Å². The number of amides is 1. The summed E-state index contributed by atoms with van der Waals surface area (Å²) in [6.07, 6.45) is 77.7. The van der Waals surface area contributed by atoms with Crippen LogP contribution in [0.2, 0.25) is 0 Å². The van der Waals surface area contributed by atoms with E-state index in [1.54, 1.807) is 6.08 Å². The van der Waals surface area contributed by atoms with E-state index in [-0.39, 0.29) is 18.5 Å². The van der Waals surface area contributed by atoms with Crippen LogP contribution in [0.5, 0.6) is 0 Å². The fourth-order valence-corrected chi connectivity index (χ4v) is 9.92. The molecule has 0 saturated heterocycles. The molecule has 0 rings (SSSR count). The van der Waals surface area contributed by atoms with Gasteiger partial charge >= 0.3 is 5.97 Å². The van der Waals surface area contributed by atoms with Crippen LogP contribution in [0.1, 0.15) is 348 Å². The second-order valence-corrected chi connectivity index (χ2v) is 22.1. The number of carbonyl (C=O) groups is 2. The van der Waals surface area contributed by atoms with E-state index in [9.17, 15) is 19.8 Å². The molecular formula is C66H125NO5. The topological polar surface area (TPSA) is 95.9 Å². The van der Waals surface area contributed by atoms with Crippen LogP contribution in [0, 0.1) is 0 Å². The molecule has 0 saturated carbocycles. The van der Waals surface area contributed by atoms with E-state index in [4.69, 9.17) is 4.74 Å². The van der Waals surface area contributed by atoms with E-state index in [2.05, 4.69) is 43.5 Å². The van der Waals surface area contributed by atoms with Gasteiger partial charge in [-0.25, -0.2) is 0 Å². The number of nitrogens with one attached hydrogen (secondary N) is 1. The molecule has 0 aliphatic heterocycles. The Morgan fingerprint density at radius 1 is 0.375 bits per heavy atom. The Hall–Kier alpha value is -1.92. The van der Waals surface area contributed by atoms with E-state index in [1.165, 1.54) is 276 Å². The summed E-state index contributed by atoms with van der Waals surface area (Å²) in [4.78, 5) is 24.5. The maximum atomic E-state index is 12.5. The first kappa shape index (κ1) is 70.1. The molecule has 0 aromatic heterocycles. The maximum absolute atomic E-state index is 12.5. The van der Waals surface area contributed by atoms with Crippen molar-refractivity contribution in [1.82, 2.24) is 5.32 Å². The van der Waals surface area contributed by atoms with Crippen molar-refractivity contribution in [1.29, 1.82) is 0 Å². The zero-order valence-electron chi connectivity index (χ0n) is 48.4. The summed E-state index contributed by atoms with van der Waals surface area (Å²) in [6.45, 7) is 4.90. The molecule has 1 amide bonds. The quantitative estimate of drug-likeness (QED) is 0.0320. The molecule has 0 aliphatic rings. The molecule has 0 radical (unpaired) electrons. The Balaban J connectivity index is 3.40. The smallest absolute Gasteiger partial charge is 0.305 e. The Morgan fingerprint density at radius 2 is 0.653 bits per heavy atom. The molecule has 0 fully saturated rings. The fourth-order valence-electron chi connectivity index (χ4n) is 9.92. The predicted molar refractivity (Wildman–Crippen MR) is 315 cm³/mol. The summed E-state index contributed by atoms with van der Waals surface area (Å²) in [5.41, 5.74) is 0. The second-order valence-electron chi connectivity index (χ2n) is 22.1. The Morgan fingerprint density at radius 3 is 1.00 bits per heavy atom. The molecule has 3 N–H and O–H groups in total. The fraction of sp³-hybridized carbons (Fsp3) is 0.879. The first-order chi connectivity index (χ1) is 35.5. The molecule has 72 heavy (non-hydrogen) atoms. The van der Waals surface area contributed by atoms with Gasteiger partial charge in [-0.15, -0.1) is 0 Å². The Labute approximate surface area is 449 Å². The lowest BCUT2D eigenvalue weighted by molar-refractivity contribution is -0.143. The SMILES string of the molecule is CCCCCC/C=C\CCCCCCCC(=O)OCCCCCCCCCCCCCC/C=C\CCCCCCCCCCCCCC(=O)NC(CO)C(O)/C=C/CCCCCCCCCCCCCCC. The van der Waals surface area contributed by atoms with Crippen LogP contribution < -0.4 is 5.32 Å². The molecule has 0 bridgehead atoms. The summed E-state index contributed by atoms with van der Waals surface area (Å²) < 4.78 is 5.47.